The van der Waals surface area contributed by atoms with Crippen LogP contribution in [0.4, 0.5) is 8.78 Å². The van der Waals surface area contributed by atoms with E-state index in [0.29, 0.717) is 66.9 Å². The van der Waals surface area contributed by atoms with E-state index in [1.54, 1.807) is 55.5 Å². The number of benzene rings is 2. The summed E-state index contributed by atoms with van der Waals surface area (Å²) in [5, 5.41) is 3.05. The molecule has 5 atom stereocenters. The highest BCUT2D eigenvalue weighted by Gasteiger charge is 2.39. The Balaban J connectivity index is 0.000000219. The fourth-order valence-electron chi connectivity index (χ4n) is 8.46. The fourth-order valence-corrected chi connectivity index (χ4v) is 9.18. The van der Waals surface area contributed by atoms with E-state index in [1.165, 1.54) is 18.2 Å². The average Bonchev–Trinajstić information content (AvgIpc) is 3.64. The molecule has 5 unspecified atom stereocenters. The molecule has 3 aliphatic heterocycles. The quantitative estimate of drug-likeness (QED) is 0.143. The molecule has 3 saturated carbocycles. The third-order valence-electron chi connectivity index (χ3n) is 12.6. The normalized spacial score (nSPS) is 26.3. The topological polar surface area (TPSA) is 193 Å². The molecule has 4 amide bonds. The van der Waals surface area contributed by atoms with Gasteiger partial charge in [0.05, 0.1) is 28.5 Å². The number of ketones is 2. The van der Waals surface area contributed by atoms with Crippen LogP contribution in [-0.4, -0.2) is 110 Å². The van der Waals surface area contributed by atoms with Crippen molar-refractivity contribution in [1.82, 2.24) is 19.8 Å². The molecule has 64 heavy (non-hydrogen) atoms. The Kier molecular flexibility index (Phi) is 21.3. The van der Waals surface area contributed by atoms with Crippen molar-refractivity contribution in [2.24, 2.45) is 23.5 Å². The van der Waals surface area contributed by atoms with E-state index >= 15 is 0 Å². The van der Waals surface area contributed by atoms with E-state index < -0.39 is 21.4 Å². The van der Waals surface area contributed by atoms with E-state index in [4.69, 9.17) is 17.3 Å². The van der Waals surface area contributed by atoms with Gasteiger partial charge in [-0.1, -0.05) is 57.4 Å². The average molecular weight is 937 g/mol. The monoisotopic (exact) mass is 935 g/mol. The molecule has 0 bridgehead atoms. The van der Waals surface area contributed by atoms with Crippen LogP contribution in [0.1, 0.15) is 153 Å². The largest absolute Gasteiger partial charge is 0.330 e. The number of halogens is 3. The number of piperidine rings is 1. The lowest BCUT2D eigenvalue weighted by Gasteiger charge is -2.35. The maximum absolute atomic E-state index is 13.8. The van der Waals surface area contributed by atoms with Crippen LogP contribution in [0, 0.1) is 17.8 Å². The number of hydrogen-bond acceptors (Lipinski definition) is 10. The second kappa shape index (κ2) is 25.1. The van der Waals surface area contributed by atoms with Crippen LogP contribution in [-0.2, 0) is 19.6 Å². The number of Topliss-reactive ketones (excluding diaryl/α,β-unsaturated/α-hetero) is 2. The Hall–Kier alpha value is -3.96. The molecule has 4 N–H and O–H groups in total. The van der Waals surface area contributed by atoms with E-state index in [0.717, 1.165) is 75.4 Å². The number of nitrogens with zero attached hydrogens (tertiary/aromatic N) is 2. The maximum atomic E-state index is 13.8. The third-order valence-corrected chi connectivity index (χ3v) is 13.5. The van der Waals surface area contributed by atoms with Gasteiger partial charge in [0.2, 0.25) is 10.0 Å². The minimum Gasteiger partial charge on any atom is -0.330 e. The Morgan fingerprint density at radius 2 is 1.20 bits per heavy atom. The van der Waals surface area contributed by atoms with Crippen molar-refractivity contribution in [3.63, 3.8) is 0 Å². The summed E-state index contributed by atoms with van der Waals surface area (Å²) in [5.41, 5.74) is 4.97. The fraction of sp³-hybridized carbons (Fsp3) is 0.617. The van der Waals surface area contributed by atoms with Crippen LogP contribution in [0.2, 0.25) is 0 Å². The number of nitrogens with one attached hydrogen (secondary N) is 2. The van der Waals surface area contributed by atoms with Crippen molar-refractivity contribution in [3.05, 3.63) is 70.8 Å². The van der Waals surface area contributed by atoms with Gasteiger partial charge in [-0.3, -0.25) is 38.6 Å². The molecule has 0 spiro atoms. The summed E-state index contributed by atoms with van der Waals surface area (Å²) in [6, 6.07) is 13.4. The second-order valence-corrected chi connectivity index (χ2v) is 19.6. The van der Waals surface area contributed by atoms with Crippen LogP contribution < -0.4 is 15.8 Å². The van der Waals surface area contributed by atoms with Gasteiger partial charge in [0.1, 0.15) is 28.9 Å². The molecular weight excluding hydrogens is 868 g/mol. The Morgan fingerprint density at radius 1 is 0.719 bits per heavy atom. The van der Waals surface area contributed by atoms with Crippen molar-refractivity contribution < 1.29 is 46.0 Å². The first-order valence-corrected chi connectivity index (χ1v) is 24.5. The number of alkyl halides is 3. The third kappa shape index (κ3) is 15.3. The molecule has 3 heterocycles. The molecule has 2 aromatic carbocycles. The predicted octanol–water partition coefficient (Wildman–Crippen LogP) is 7.41. The van der Waals surface area contributed by atoms with Gasteiger partial charge in [-0.2, -0.15) is 0 Å². The highest BCUT2D eigenvalue weighted by Crippen LogP contribution is 2.36. The van der Waals surface area contributed by atoms with Crippen LogP contribution >= 0.6 is 11.6 Å². The summed E-state index contributed by atoms with van der Waals surface area (Å²) < 4.78 is 51.3. The SMILES string of the molecule is C.CC1(F)CCCCC1CN.CC1(F)CCNCC1CNS(C)(=O)=O.O=C1CCCCC1.O=C1CCCCC1CN1C(=O)c2ccccc2C1=O.O=C1c2ccccc2C(=O)N1CCl. The van der Waals surface area contributed by atoms with E-state index in [1.807, 2.05) is 0 Å². The Bertz CT molecular complexity index is 1970. The molecule has 4 fully saturated rings. The lowest BCUT2D eigenvalue weighted by molar-refractivity contribution is -0.124. The molecule has 8 rings (SSSR count). The van der Waals surface area contributed by atoms with E-state index in [9.17, 15) is 46.0 Å². The number of carbonyl (C=O) groups is 6. The summed E-state index contributed by atoms with van der Waals surface area (Å²) >= 11 is 5.47. The summed E-state index contributed by atoms with van der Waals surface area (Å²) in [6.07, 6.45) is 13.9. The molecule has 6 aliphatic rings. The van der Waals surface area contributed by atoms with Gasteiger partial charge in [0.25, 0.3) is 23.6 Å². The Labute approximate surface area is 383 Å². The minimum absolute atomic E-state index is 0. The number of sulfonamides is 1. The minimum atomic E-state index is -3.22. The summed E-state index contributed by atoms with van der Waals surface area (Å²) in [7, 11) is -3.22. The molecule has 0 radical (unpaired) electrons. The molecule has 17 heteroatoms. The van der Waals surface area contributed by atoms with Crippen molar-refractivity contribution in [2.75, 3.05) is 45.0 Å². The summed E-state index contributed by atoms with van der Waals surface area (Å²) in [4.78, 5) is 71.8. The van der Waals surface area contributed by atoms with Gasteiger partial charge in [-0.25, -0.2) is 21.9 Å². The van der Waals surface area contributed by atoms with Gasteiger partial charge in [-0.15, -0.1) is 11.6 Å². The molecular formula is C47H68ClF2N5O8S. The predicted molar refractivity (Wildman–Crippen MR) is 245 cm³/mol. The van der Waals surface area contributed by atoms with Crippen molar-refractivity contribution in [3.8, 4) is 0 Å². The zero-order chi connectivity index (χ0) is 46.4. The van der Waals surface area contributed by atoms with Crippen LogP contribution in [0.3, 0.4) is 0 Å². The number of imide groups is 2. The zero-order valence-corrected chi connectivity index (χ0v) is 38.3. The van der Waals surface area contributed by atoms with Gasteiger partial charge >= 0.3 is 0 Å². The zero-order valence-electron chi connectivity index (χ0n) is 36.8. The molecule has 3 aliphatic carbocycles. The van der Waals surface area contributed by atoms with Crippen LogP contribution in [0.5, 0.6) is 0 Å². The van der Waals surface area contributed by atoms with Gasteiger partial charge in [-0.05, 0) is 96.1 Å². The second-order valence-electron chi connectivity index (χ2n) is 17.5. The number of fused-ring (bicyclic) bond motifs is 2. The number of nitrogens with two attached hydrogens (primary N) is 1. The highest BCUT2D eigenvalue weighted by molar-refractivity contribution is 7.88. The summed E-state index contributed by atoms with van der Waals surface area (Å²) in [5.74, 6) is -0.846. The smallest absolute Gasteiger partial charge is 0.262 e. The number of hydrogen-bond donors (Lipinski definition) is 3. The van der Waals surface area contributed by atoms with Gasteiger partial charge < -0.3 is 11.1 Å². The molecule has 0 aromatic heterocycles. The van der Waals surface area contributed by atoms with Crippen LogP contribution in [0.25, 0.3) is 0 Å². The first-order chi connectivity index (χ1) is 29.8. The number of amides is 4. The maximum Gasteiger partial charge on any atom is 0.262 e. The standard InChI is InChI=1S/C15H15NO3.C9H6ClNO2.C8H17FN2O2S.C8H16FN.C6H10O.CH4/c17-13-8-4-1-5-10(13)9-16-14(18)11-6-2-3-7-12(11)15(16)19;10-5-11-8(12)6-3-1-2-4-7(6)9(11)13;1-8(9)3-4-10-5-7(8)6-11-14(2,12)13;1-8(9)5-3-2-4-7(8)6-10;7-6-4-2-1-3-5-6;/h2-3,6-7,10H,1,4-5,8-9H2;1-4H,5H2;7,10-11H,3-6H2,1-2H3;7H,2-6,10H2,1H3;1-5H2;1H4. The summed E-state index contributed by atoms with van der Waals surface area (Å²) in [6.45, 7) is 5.31. The van der Waals surface area contributed by atoms with Gasteiger partial charge in [0.15, 0.2) is 0 Å². The number of rotatable bonds is 7. The molecule has 356 valence electrons. The molecule has 13 nitrogen and oxygen atoms in total. The first kappa shape index (κ1) is 54.4. The Morgan fingerprint density at radius 3 is 1.61 bits per heavy atom. The molecule has 1 saturated heterocycles. The van der Waals surface area contributed by atoms with Crippen molar-refractivity contribution >= 4 is 56.8 Å². The lowest BCUT2D eigenvalue weighted by Crippen LogP contribution is -2.50. The van der Waals surface area contributed by atoms with Crippen molar-refractivity contribution in [1.29, 1.82) is 0 Å². The van der Waals surface area contributed by atoms with Crippen LogP contribution in [0.15, 0.2) is 48.5 Å². The van der Waals surface area contributed by atoms with E-state index in [-0.39, 0.29) is 73.7 Å². The van der Waals surface area contributed by atoms with Crippen molar-refractivity contribution in [2.45, 2.75) is 123 Å². The van der Waals surface area contributed by atoms with E-state index in [2.05, 4.69) is 10.0 Å². The number of carbonyl (C=O) groups excluding carboxylic acids is 6. The molecule has 2 aromatic rings. The van der Waals surface area contributed by atoms with Gasteiger partial charge in [0, 0.05) is 56.7 Å². The lowest BCUT2D eigenvalue weighted by atomic mass is 9.78. The first-order valence-electron chi connectivity index (χ1n) is 22.0. The highest BCUT2D eigenvalue weighted by atomic mass is 35.5.